The standard InChI is InChI=1S/C21H22O5/c1-23-18-10-6-16(7-11-18)9-13-21(22)26-14-4-5-17-8-12-19(24-2)20(15-17)25-3/h4-13,15H,14H2,1-3H3/b5-4+,13-9+. The molecule has 0 heterocycles. The average Bonchev–Trinajstić information content (AvgIpc) is 2.69. The first kappa shape index (κ1) is 19.1. The summed E-state index contributed by atoms with van der Waals surface area (Å²) in [5.41, 5.74) is 1.82. The Bertz CT molecular complexity index is 775. The molecule has 0 aromatic heterocycles. The van der Waals surface area contributed by atoms with Gasteiger partial charge >= 0.3 is 5.97 Å². The van der Waals surface area contributed by atoms with Gasteiger partial charge in [-0.15, -0.1) is 0 Å². The fraction of sp³-hybridized carbons (Fsp3) is 0.190. The van der Waals surface area contributed by atoms with E-state index in [1.165, 1.54) is 6.08 Å². The second-order valence-electron chi connectivity index (χ2n) is 5.25. The van der Waals surface area contributed by atoms with E-state index in [0.29, 0.717) is 11.5 Å². The minimum absolute atomic E-state index is 0.181. The van der Waals surface area contributed by atoms with Crippen LogP contribution < -0.4 is 14.2 Å². The fourth-order valence-electron chi connectivity index (χ4n) is 2.20. The summed E-state index contributed by atoms with van der Waals surface area (Å²) < 4.78 is 20.7. The summed E-state index contributed by atoms with van der Waals surface area (Å²) in [6.45, 7) is 0.181. The molecule has 0 aliphatic carbocycles. The van der Waals surface area contributed by atoms with Gasteiger partial charge in [0.2, 0.25) is 0 Å². The van der Waals surface area contributed by atoms with Gasteiger partial charge in [0.25, 0.3) is 0 Å². The zero-order valence-electron chi connectivity index (χ0n) is 15.1. The van der Waals surface area contributed by atoms with Gasteiger partial charge in [-0.2, -0.15) is 0 Å². The summed E-state index contributed by atoms with van der Waals surface area (Å²) in [5.74, 6) is 1.68. The van der Waals surface area contributed by atoms with Crippen molar-refractivity contribution in [3.63, 3.8) is 0 Å². The van der Waals surface area contributed by atoms with Crippen molar-refractivity contribution in [2.75, 3.05) is 27.9 Å². The monoisotopic (exact) mass is 354 g/mol. The van der Waals surface area contributed by atoms with Gasteiger partial charge < -0.3 is 18.9 Å². The smallest absolute Gasteiger partial charge is 0.331 e. The van der Waals surface area contributed by atoms with Crippen molar-refractivity contribution in [1.29, 1.82) is 0 Å². The van der Waals surface area contributed by atoms with Crippen molar-refractivity contribution in [2.24, 2.45) is 0 Å². The van der Waals surface area contributed by atoms with Gasteiger partial charge in [0.15, 0.2) is 11.5 Å². The first-order valence-corrected chi connectivity index (χ1v) is 8.03. The number of rotatable bonds is 8. The molecule has 0 aliphatic heterocycles. The van der Waals surface area contributed by atoms with E-state index in [-0.39, 0.29) is 6.61 Å². The van der Waals surface area contributed by atoms with Gasteiger partial charge in [0, 0.05) is 6.08 Å². The first-order valence-electron chi connectivity index (χ1n) is 8.03. The molecule has 5 heteroatoms. The van der Waals surface area contributed by atoms with E-state index >= 15 is 0 Å². The normalized spacial score (nSPS) is 10.9. The van der Waals surface area contributed by atoms with Crippen LogP contribution in [0.2, 0.25) is 0 Å². The quantitative estimate of drug-likeness (QED) is 0.530. The largest absolute Gasteiger partial charge is 0.497 e. The Hall–Kier alpha value is -3.21. The van der Waals surface area contributed by atoms with Crippen LogP contribution in [0.5, 0.6) is 17.2 Å². The van der Waals surface area contributed by atoms with Crippen molar-refractivity contribution in [3.8, 4) is 17.2 Å². The second-order valence-corrected chi connectivity index (χ2v) is 5.25. The van der Waals surface area contributed by atoms with E-state index in [1.807, 2.05) is 48.5 Å². The van der Waals surface area contributed by atoms with Crippen LogP contribution in [-0.4, -0.2) is 33.9 Å². The number of benzene rings is 2. The molecule has 0 bridgehead atoms. The Morgan fingerprint density at radius 1 is 0.846 bits per heavy atom. The lowest BCUT2D eigenvalue weighted by Gasteiger charge is -2.07. The van der Waals surface area contributed by atoms with Crippen LogP contribution in [0.3, 0.4) is 0 Å². The molecule has 0 radical (unpaired) electrons. The van der Waals surface area contributed by atoms with Crippen LogP contribution >= 0.6 is 0 Å². The van der Waals surface area contributed by atoms with Crippen molar-refractivity contribution in [1.82, 2.24) is 0 Å². The highest BCUT2D eigenvalue weighted by Crippen LogP contribution is 2.27. The molecule has 0 saturated carbocycles. The van der Waals surface area contributed by atoms with Crippen LogP contribution in [-0.2, 0) is 9.53 Å². The van der Waals surface area contributed by atoms with E-state index in [2.05, 4.69) is 0 Å². The highest BCUT2D eigenvalue weighted by Gasteiger charge is 2.02. The second kappa shape index (κ2) is 9.93. The highest BCUT2D eigenvalue weighted by atomic mass is 16.5. The lowest BCUT2D eigenvalue weighted by molar-refractivity contribution is -0.136. The summed E-state index contributed by atoms with van der Waals surface area (Å²) in [7, 11) is 4.78. The van der Waals surface area contributed by atoms with Crippen molar-refractivity contribution < 1.29 is 23.7 Å². The molecule has 0 saturated heterocycles. The minimum Gasteiger partial charge on any atom is -0.497 e. The summed E-state index contributed by atoms with van der Waals surface area (Å²) in [4.78, 5) is 11.7. The number of ether oxygens (including phenoxy) is 4. The molecule has 2 aromatic rings. The zero-order valence-corrected chi connectivity index (χ0v) is 15.1. The fourth-order valence-corrected chi connectivity index (χ4v) is 2.20. The molecule has 2 aromatic carbocycles. The Labute approximate surface area is 153 Å². The topological polar surface area (TPSA) is 54.0 Å². The number of methoxy groups -OCH3 is 3. The Morgan fingerprint density at radius 3 is 2.19 bits per heavy atom. The maximum Gasteiger partial charge on any atom is 0.331 e. The third kappa shape index (κ3) is 5.70. The Balaban J connectivity index is 1.83. The molecule has 2 rings (SSSR count). The highest BCUT2D eigenvalue weighted by molar-refractivity contribution is 5.87. The maximum atomic E-state index is 11.7. The number of carbonyl (C=O) groups is 1. The summed E-state index contributed by atoms with van der Waals surface area (Å²) in [6.07, 6.45) is 6.70. The molecular formula is C21H22O5. The molecular weight excluding hydrogens is 332 g/mol. The molecule has 0 aliphatic rings. The van der Waals surface area contributed by atoms with Gasteiger partial charge in [-0.3, -0.25) is 0 Å². The lowest BCUT2D eigenvalue weighted by atomic mass is 10.2. The van der Waals surface area contributed by atoms with E-state index < -0.39 is 5.97 Å². The van der Waals surface area contributed by atoms with E-state index in [1.54, 1.807) is 33.5 Å². The molecule has 136 valence electrons. The third-order valence-electron chi connectivity index (χ3n) is 3.57. The molecule has 0 unspecified atom stereocenters. The van der Waals surface area contributed by atoms with Gasteiger partial charge in [0.1, 0.15) is 12.4 Å². The van der Waals surface area contributed by atoms with Crippen LogP contribution in [0.4, 0.5) is 0 Å². The van der Waals surface area contributed by atoms with Gasteiger partial charge in [0.05, 0.1) is 21.3 Å². The molecule has 0 fully saturated rings. The molecule has 0 amide bonds. The number of carbonyl (C=O) groups excluding carboxylic acids is 1. The average molecular weight is 354 g/mol. The number of esters is 1. The molecule has 0 atom stereocenters. The van der Waals surface area contributed by atoms with Crippen LogP contribution in [0.1, 0.15) is 11.1 Å². The van der Waals surface area contributed by atoms with Crippen molar-refractivity contribution in [3.05, 3.63) is 65.7 Å². The van der Waals surface area contributed by atoms with Crippen LogP contribution in [0.15, 0.2) is 54.6 Å². The van der Waals surface area contributed by atoms with E-state index in [9.17, 15) is 4.79 Å². The maximum absolute atomic E-state index is 11.7. The molecule has 0 spiro atoms. The number of hydrogen-bond acceptors (Lipinski definition) is 5. The molecule has 0 N–H and O–H groups in total. The molecule has 5 nitrogen and oxygen atoms in total. The van der Waals surface area contributed by atoms with Crippen molar-refractivity contribution >= 4 is 18.1 Å². The summed E-state index contributed by atoms with van der Waals surface area (Å²) >= 11 is 0. The Morgan fingerprint density at radius 2 is 1.54 bits per heavy atom. The van der Waals surface area contributed by atoms with Gasteiger partial charge in [-0.25, -0.2) is 4.79 Å². The van der Waals surface area contributed by atoms with Crippen molar-refractivity contribution in [2.45, 2.75) is 0 Å². The minimum atomic E-state index is -0.405. The predicted octanol–water partition coefficient (Wildman–Crippen LogP) is 3.98. The summed E-state index contributed by atoms with van der Waals surface area (Å²) in [5, 5.41) is 0. The lowest BCUT2D eigenvalue weighted by Crippen LogP contribution is -1.99. The summed E-state index contributed by atoms with van der Waals surface area (Å²) in [6, 6.07) is 12.9. The van der Waals surface area contributed by atoms with Crippen LogP contribution in [0.25, 0.3) is 12.2 Å². The van der Waals surface area contributed by atoms with Gasteiger partial charge in [-0.05, 0) is 47.5 Å². The number of hydrogen-bond donors (Lipinski definition) is 0. The van der Waals surface area contributed by atoms with E-state index in [4.69, 9.17) is 18.9 Å². The van der Waals surface area contributed by atoms with Crippen LogP contribution in [0, 0.1) is 0 Å². The zero-order chi connectivity index (χ0) is 18.8. The molecule has 26 heavy (non-hydrogen) atoms. The van der Waals surface area contributed by atoms with Gasteiger partial charge in [-0.1, -0.05) is 24.3 Å². The first-order chi connectivity index (χ1) is 12.7. The Kier molecular flexibility index (Phi) is 7.31. The predicted molar refractivity (Wildman–Crippen MR) is 102 cm³/mol. The van der Waals surface area contributed by atoms with E-state index in [0.717, 1.165) is 16.9 Å². The third-order valence-corrected chi connectivity index (χ3v) is 3.57. The SMILES string of the molecule is COc1ccc(/C=C/C(=O)OC/C=C/c2ccc(OC)c(OC)c2)cc1.